The van der Waals surface area contributed by atoms with E-state index in [0.29, 0.717) is 5.56 Å². The van der Waals surface area contributed by atoms with Gasteiger partial charge in [0, 0.05) is 11.3 Å². The molecular weight excluding hydrogens is 286 g/mol. The molecule has 2 aromatic carbocycles. The van der Waals surface area contributed by atoms with Gasteiger partial charge in [0.1, 0.15) is 5.82 Å². The van der Waals surface area contributed by atoms with Gasteiger partial charge in [0.2, 0.25) is 0 Å². The van der Waals surface area contributed by atoms with Crippen molar-refractivity contribution in [3.8, 4) is 0 Å². The van der Waals surface area contributed by atoms with Gasteiger partial charge in [0.15, 0.2) is 0 Å². The van der Waals surface area contributed by atoms with E-state index in [4.69, 9.17) is 0 Å². The monoisotopic (exact) mass is 297 g/mol. The summed E-state index contributed by atoms with van der Waals surface area (Å²) in [6, 6.07) is 7.86. The van der Waals surface area contributed by atoms with Gasteiger partial charge in [-0.1, -0.05) is 12.1 Å². The average Bonchev–Trinajstić information content (AvgIpc) is 2.42. The predicted molar refractivity (Wildman–Crippen MR) is 70.5 cm³/mol. The minimum Gasteiger partial charge on any atom is -0.322 e. The first-order chi connectivity index (χ1) is 9.77. The summed E-state index contributed by atoms with van der Waals surface area (Å²) in [6.45, 7) is 1.65. The van der Waals surface area contributed by atoms with Crippen LogP contribution in [0.2, 0.25) is 0 Å². The summed E-state index contributed by atoms with van der Waals surface area (Å²) in [5, 5.41) is 2.40. The number of carbonyl (C=O) groups is 1. The van der Waals surface area contributed by atoms with E-state index in [0.717, 1.165) is 24.3 Å². The molecule has 0 spiro atoms. The maximum Gasteiger partial charge on any atom is 0.416 e. The Hall–Kier alpha value is -2.37. The number of rotatable bonds is 2. The van der Waals surface area contributed by atoms with Crippen LogP contribution in [0.3, 0.4) is 0 Å². The lowest BCUT2D eigenvalue weighted by molar-refractivity contribution is -0.137. The molecule has 0 saturated carbocycles. The fourth-order valence-electron chi connectivity index (χ4n) is 1.76. The number of anilines is 1. The average molecular weight is 297 g/mol. The number of carbonyl (C=O) groups excluding carboxylic acids is 1. The van der Waals surface area contributed by atoms with Gasteiger partial charge < -0.3 is 5.32 Å². The summed E-state index contributed by atoms with van der Waals surface area (Å²) in [5.41, 5.74) is -0.228. The van der Waals surface area contributed by atoms with E-state index in [1.165, 1.54) is 18.2 Å². The van der Waals surface area contributed by atoms with Gasteiger partial charge in [-0.05, 0) is 42.8 Å². The third-order valence-corrected chi connectivity index (χ3v) is 2.90. The SMILES string of the molecule is Cc1ccc(F)cc1NC(=O)c1cccc(C(F)(F)F)c1. The zero-order valence-corrected chi connectivity index (χ0v) is 11.0. The van der Waals surface area contributed by atoms with E-state index < -0.39 is 23.5 Å². The van der Waals surface area contributed by atoms with E-state index in [1.807, 2.05) is 0 Å². The fourth-order valence-corrected chi connectivity index (χ4v) is 1.76. The molecular formula is C15H11F4NO. The number of hydrogen-bond acceptors (Lipinski definition) is 1. The number of alkyl halides is 3. The first kappa shape index (κ1) is 15.0. The molecule has 0 bridgehead atoms. The summed E-state index contributed by atoms with van der Waals surface area (Å²) >= 11 is 0. The van der Waals surface area contributed by atoms with Crippen LogP contribution in [0.25, 0.3) is 0 Å². The second-order valence-electron chi connectivity index (χ2n) is 4.49. The van der Waals surface area contributed by atoms with Crippen molar-refractivity contribution in [1.29, 1.82) is 0 Å². The van der Waals surface area contributed by atoms with Crippen LogP contribution in [-0.4, -0.2) is 5.91 Å². The highest BCUT2D eigenvalue weighted by molar-refractivity contribution is 6.04. The Morgan fingerprint density at radius 1 is 1.10 bits per heavy atom. The van der Waals surface area contributed by atoms with Crippen molar-refractivity contribution >= 4 is 11.6 Å². The molecule has 0 fully saturated rings. The normalized spacial score (nSPS) is 11.3. The molecule has 1 N–H and O–H groups in total. The zero-order valence-electron chi connectivity index (χ0n) is 11.0. The van der Waals surface area contributed by atoms with Gasteiger partial charge in [-0.2, -0.15) is 13.2 Å². The van der Waals surface area contributed by atoms with E-state index in [1.54, 1.807) is 6.92 Å². The highest BCUT2D eigenvalue weighted by atomic mass is 19.4. The number of hydrogen-bond donors (Lipinski definition) is 1. The van der Waals surface area contributed by atoms with E-state index in [2.05, 4.69) is 5.32 Å². The number of benzene rings is 2. The van der Waals surface area contributed by atoms with E-state index >= 15 is 0 Å². The van der Waals surface area contributed by atoms with Crippen LogP contribution in [0.5, 0.6) is 0 Å². The van der Waals surface area contributed by atoms with Gasteiger partial charge in [0.05, 0.1) is 5.56 Å². The summed E-state index contributed by atoms with van der Waals surface area (Å²) in [4.78, 5) is 12.0. The largest absolute Gasteiger partial charge is 0.416 e. The Morgan fingerprint density at radius 3 is 2.48 bits per heavy atom. The Morgan fingerprint density at radius 2 is 1.81 bits per heavy atom. The summed E-state index contributed by atoms with van der Waals surface area (Å²) < 4.78 is 50.9. The van der Waals surface area contributed by atoms with Gasteiger partial charge in [-0.3, -0.25) is 4.79 Å². The molecule has 21 heavy (non-hydrogen) atoms. The molecule has 0 aliphatic rings. The van der Waals surface area contributed by atoms with Crippen LogP contribution < -0.4 is 5.32 Å². The van der Waals surface area contributed by atoms with Crippen LogP contribution in [0.4, 0.5) is 23.2 Å². The standard InChI is InChI=1S/C15H11F4NO/c1-9-5-6-12(16)8-13(9)20-14(21)10-3-2-4-11(7-10)15(17,18)19/h2-8H,1H3,(H,20,21). The zero-order chi connectivity index (χ0) is 15.6. The van der Waals surface area contributed by atoms with Crippen LogP contribution >= 0.6 is 0 Å². The molecule has 0 heterocycles. The molecule has 0 saturated heterocycles. The van der Waals surface area contributed by atoms with Crippen molar-refractivity contribution in [2.75, 3.05) is 5.32 Å². The molecule has 0 radical (unpaired) electrons. The Kier molecular flexibility index (Phi) is 3.97. The van der Waals surface area contributed by atoms with Crippen LogP contribution in [0.1, 0.15) is 21.5 Å². The van der Waals surface area contributed by atoms with Crippen molar-refractivity contribution in [1.82, 2.24) is 0 Å². The number of halogens is 4. The topological polar surface area (TPSA) is 29.1 Å². The maximum atomic E-state index is 13.1. The molecule has 2 aromatic rings. The highest BCUT2D eigenvalue weighted by Gasteiger charge is 2.30. The van der Waals surface area contributed by atoms with Gasteiger partial charge in [0.25, 0.3) is 5.91 Å². The highest BCUT2D eigenvalue weighted by Crippen LogP contribution is 2.29. The van der Waals surface area contributed by atoms with Crippen LogP contribution in [0, 0.1) is 12.7 Å². The number of amides is 1. The lowest BCUT2D eigenvalue weighted by Crippen LogP contribution is -2.14. The fraction of sp³-hybridized carbons (Fsp3) is 0.133. The van der Waals surface area contributed by atoms with Gasteiger partial charge in [-0.25, -0.2) is 4.39 Å². The molecule has 0 unspecified atom stereocenters. The molecule has 0 aromatic heterocycles. The maximum absolute atomic E-state index is 13.1. The Balaban J connectivity index is 2.27. The summed E-state index contributed by atoms with van der Waals surface area (Å²) in [5.74, 6) is -1.27. The molecule has 2 nitrogen and oxygen atoms in total. The summed E-state index contributed by atoms with van der Waals surface area (Å²) in [6.07, 6.45) is -4.52. The molecule has 0 aliphatic heterocycles. The van der Waals surface area contributed by atoms with E-state index in [-0.39, 0.29) is 11.3 Å². The second kappa shape index (κ2) is 5.55. The van der Waals surface area contributed by atoms with Crippen molar-refractivity contribution in [2.45, 2.75) is 13.1 Å². The van der Waals surface area contributed by atoms with Crippen LogP contribution in [0.15, 0.2) is 42.5 Å². The Labute approximate surface area is 118 Å². The molecule has 0 atom stereocenters. The molecule has 0 aliphatic carbocycles. The summed E-state index contributed by atoms with van der Waals surface area (Å²) in [7, 11) is 0. The molecule has 110 valence electrons. The minimum absolute atomic E-state index is 0.145. The minimum atomic E-state index is -4.52. The van der Waals surface area contributed by atoms with Gasteiger partial charge in [-0.15, -0.1) is 0 Å². The van der Waals surface area contributed by atoms with Crippen molar-refractivity contribution in [2.24, 2.45) is 0 Å². The quantitative estimate of drug-likeness (QED) is 0.818. The lowest BCUT2D eigenvalue weighted by atomic mass is 10.1. The second-order valence-corrected chi connectivity index (χ2v) is 4.49. The third-order valence-electron chi connectivity index (χ3n) is 2.90. The van der Waals surface area contributed by atoms with Crippen molar-refractivity contribution < 1.29 is 22.4 Å². The molecule has 1 amide bonds. The van der Waals surface area contributed by atoms with Crippen molar-refractivity contribution in [3.63, 3.8) is 0 Å². The van der Waals surface area contributed by atoms with Crippen molar-refractivity contribution in [3.05, 3.63) is 65.0 Å². The number of aryl methyl sites for hydroxylation is 1. The smallest absolute Gasteiger partial charge is 0.322 e. The predicted octanol–water partition coefficient (Wildman–Crippen LogP) is 4.41. The Bertz CT molecular complexity index is 680. The first-order valence-corrected chi connectivity index (χ1v) is 6.02. The first-order valence-electron chi connectivity index (χ1n) is 6.02. The molecule has 6 heteroatoms. The van der Waals surface area contributed by atoms with Crippen LogP contribution in [-0.2, 0) is 6.18 Å². The number of nitrogens with one attached hydrogen (secondary N) is 1. The van der Waals surface area contributed by atoms with E-state index in [9.17, 15) is 22.4 Å². The van der Waals surface area contributed by atoms with Gasteiger partial charge >= 0.3 is 6.18 Å². The third kappa shape index (κ3) is 3.59. The molecule has 2 rings (SSSR count). The lowest BCUT2D eigenvalue weighted by Gasteiger charge is -2.10.